The molecule has 1 N–H and O–H groups in total. The summed E-state index contributed by atoms with van der Waals surface area (Å²) in [7, 11) is -4.18. The smallest absolute Gasteiger partial charge is 0.264 e. The van der Waals surface area contributed by atoms with Crippen LogP contribution < -0.4 is 14.4 Å². The van der Waals surface area contributed by atoms with Crippen molar-refractivity contribution in [3.63, 3.8) is 0 Å². The Morgan fingerprint density at radius 1 is 0.926 bits per heavy atom. The van der Waals surface area contributed by atoms with Gasteiger partial charge in [0.15, 0.2) is 0 Å². The third-order valence-electron chi connectivity index (χ3n) is 10.6. The largest absolute Gasteiger partial charge is 0.475 e. The molecule has 4 heterocycles. The molecule has 2 aromatic heterocycles. The maximum atomic E-state index is 14.7. The Kier molecular flexibility index (Phi) is 11.9. The highest BCUT2D eigenvalue weighted by Crippen LogP contribution is 2.37. The number of aromatic nitrogens is 4. The second-order valence-electron chi connectivity index (χ2n) is 15.8. The molecule has 1 amide bonds. The normalized spacial score (nSPS) is 21.2. The number of nitrogens with zero attached hydrogens (tertiary/aromatic N) is 6. The Hall–Kier alpha value is -4.58. The number of piperidine rings is 1. The molecule has 2 aromatic carbocycles. The summed E-state index contributed by atoms with van der Waals surface area (Å²) >= 11 is 0. The number of hydrogen-bond acceptors (Lipinski definition) is 9. The van der Waals surface area contributed by atoms with E-state index < -0.39 is 16.1 Å². The molecule has 1 aliphatic carbocycles. The monoisotopic (exact) mass is 755 g/mol. The number of ether oxygens (including phenoxy) is 1. The third kappa shape index (κ3) is 8.86. The van der Waals surface area contributed by atoms with Crippen molar-refractivity contribution < 1.29 is 19.4 Å². The molecular weight excluding hydrogens is 699 g/mol. The standard InChI is InChI=1S/C40H49N7O4S.C2H6.H2/c1-26-11-8-12-27(2)37(26)33-20-36-44-39(43-33)45-52(49,50)32-16-9-14-29(19-32)38(48)47(31(25-51-36)21-40(3,4)5)24-30-22-41-23-35(42-30)46-18-10-15-28-13-6-7-17-34(28)46;1-2;/h8-9,11-12,14,16,19-20,22-23,28,31,34H,6-7,10,13,15,17-18,21,24-25H2,1-5H3,(H,43,44,45);1-2H3;1H/t28?,31-,34?;;/m1../s1. The molecule has 0 spiro atoms. The maximum absolute atomic E-state index is 14.7. The summed E-state index contributed by atoms with van der Waals surface area (Å²) in [6.07, 6.45) is 11.5. The van der Waals surface area contributed by atoms with Crippen LogP contribution in [-0.4, -0.2) is 64.4 Å². The number of nitrogens with one attached hydrogen (secondary N) is 1. The van der Waals surface area contributed by atoms with E-state index in [-0.39, 0.29) is 48.2 Å². The predicted molar refractivity (Wildman–Crippen MR) is 215 cm³/mol. The van der Waals surface area contributed by atoms with Crippen molar-refractivity contribution in [2.24, 2.45) is 11.3 Å². The van der Waals surface area contributed by atoms with E-state index in [0.717, 1.165) is 41.9 Å². The summed E-state index contributed by atoms with van der Waals surface area (Å²) in [4.78, 5) is 37.7. The lowest BCUT2D eigenvalue weighted by atomic mass is 9.78. The highest BCUT2D eigenvalue weighted by atomic mass is 32.2. The topological polar surface area (TPSA) is 131 Å². The lowest BCUT2D eigenvalue weighted by Crippen LogP contribution is -2.47. The van der Waals surface area contributed by atoms with Crippen LogP contribution in [0, 0.1) is 25.2 Å². The van der Waals surface area contributed by atoms with Crippen LogP contribution in [0.1, 0.15) is 108 Å². The summed E-state index contributed by atoms with van der Waals surface area (Å²) in [6, 6.07) is 13.8. The Labute approximate surface area is 322 Å². The second-order valence-corrected chi connectivity index (χ2v) is 17.5. The summed E-state index contributed by atoms with van der Waals surface area (Å²) in [5.41, 5.74) is 4.10. The lowest BCUT2D eigenvalue weighted by Gasteiger charge is -2.44. The minimum atomic E-state index is -4.18. The first-order valence-electron chi connectivity index (χ1n) is 19.4. The van der Waals surface area contributed by atoms with Gasteiger partial charge in [-0.05, 0) is 86.6 Å². The number of rotatable bonds is 5. The zero-order chi connectivity index (χ0) is 38.6. The fourth-order valence-corrected chi connectivity index (χ4v) is 9.23. The summed E-state index contributed by atoms with van der Waals surface area (Å²) in [5, 5.41) is 0. The number of carbonyl (C=O) groups is 1. The lowest BCUT2D eigenvalue weighted by molar-refractivity contribution is 0.0509. The predicted octanol–water partition coefficient (Wildman–Crippen LogP) is 8.62. The first-order chi connectivity index (χ1) is 25.8. The molecule has 2 unspecified atom stereocenters. The minimum absolute atomic E-state index is 0. The number of benzene rings is 2. The second kappa shape index (κ2) is 16.4. The quantitative estimate of drug-likeness (QED) is 0.213. The Balaban J connectivity index is 0.00000190. The molecule has 1 saturated heterocycles. The van der Waals surface area contributed by atoms with Gasteiger partial charge in [-0.2, -0.15) is 4.98 Å². The minimum Gasteiger partial charge on any atom is -0.475 e. The summed E-state index contributed by atoms with van der Waals surface area (Å²) in [5.74, 6) is 1.30. The maximum Gasteiger partial charge on any atom is 0.264 e. The number of aryl methyl sites for hydroxylation is 2. The number of anilines is 2. The molecule has 3 aliphatic rings. The Bertz CT molecular complexity index is 2050. The molecule has 54 heavy (non-hydrogen) atoms. The zero-order valence-electron chi connectivity index (χ0n) is 32.8. The molecule has 3 atom stereocenters. The van der Waals surface area contributed by atoms with Gasteiger partial charge in [0.25, 0.3) is 15.9 Å². The molecule has 4 bridgehead atoms. The highest BCUT2D eigenvalue weighted by molar-refractivity contribution is 7.92. The van der Waals surface area contributed by atoms with Crippen LogP contribution in [-0.2, 0) is 16.6 Å². The number of fused-ring (bicyclic) bond motifs is 5. The Morgan fingerprint density at radius 2 is 1.65 bits per heavy atom. The molecule has 290 valence electrons. The molecule has 12 heteroatoms. The van der Waals surface area contributed by atoms with Crippen LogP contribution in [0.5, 0.6) is 5.88 Å². The van der Waals surface area contributed by atoms with Gasteiger partial charge >= 0.3 is 0 Å². The van der Waals surface area contributed by atoms with Gasteiger partial charge in [-0.15, -0.1) is 0 Å². The highest BCUT2D eigenvalue weighted by Gasteiger charge is 2.35. The van der Waals surface area contributed by atoms with Crippen LogP contribution in [0.4, 0.5) is 11.8 Å². The van der Waals surface area contributed by atoms with E-state index in [0.29, 0.717) is 29.8 Å². The number of amides is 1. The van der Waals surface area contributed by atoms with E-state index in [1.165, 1.54) is 37.8 Å². The number of carbonyl (C=O) groups excluding carboxylic acids is 1. The molecule has 7 rings (SSSR count). The van der Waals surface area contributed by atoms with Gasteiger partial charge in [0.1, 0.15) is 12.4 Å². The van der Waals surface area contributed by atoms with E-state index in [4.69, 9.17) is 9.72 Å². The Morgan fingerprint density at radius 3 is 2.41 bits per heavy atom. The summed E-state index contributed by atoms with van der Waals surface area (Å²) in [6.45, 7) is 15.6. The molecule has 4 aromatic rings. The fourth-order valence-electron chi connectivity index (χ4n) is 8.24. The average Bonchev–Trinajstić information content (AvgIpc) is 3.15. The zero-order valence-corrected chi connectivity index (χ0v) is 33.6. The van der Waals surface area contributed by atoms with Crippen molar-refractivity contribution in [3.05, 3.63) is 83.3 Å². The molecule has 1 saturated carbocycles. The number of hydrogen-bond donors (Lipinski definition) is 1. The SMILES string of the molecule is CC.Cc1cccc(C)c1-c1cc2nc(n1)NS(=O)(=O)c1cccc(c1)C(=O)N(Cc1cncc(N3CCCC4CCCCC43)n1)[C@H](CC(C)(C)C)CO2.[HH]. The molecule has 11 nitrogen and oxygen atoms in total. The first kappa shape index (κ1) is 39.1. The molecule has 2 fully saturated rings. The van der Waals surface area contributed by atoms with Gasteiger partial charge < -0.3 is 14.5 Å². The van der Waals surface area contributed by atoms with Crippen LogP contribution in [0.25, 0.3) is 11.3 Å². The fraction of sp³-hybridized carbons (Fsp3) is 0.500. The van der Waals surface area contributed by atoms with Gasteiger partial charge in [0.2, 0.25) is 11.8 Å². The van der Waals surface area contributed by atoms with Crippen molar-refractivity contribution in [3.8, 4) is 17.1 Å². The molecular formula is C42H57N7O4S. The van der Waals surface area contributed by atoms with E-state index in [1.54, 1.807) is 29.3 Å². The van der Waals surface area contributed by atoms with Crippen LogP contribution >= 0.6 is 0 Å². The number of sulfonamides is 1. The van der Waals surface area contributed by atoms with Crippen molar-refractivity contribution in [2.75, 3.05) is 22.8 Å². The average molecular weight is 756 g/mol. The summed E-state index contributed by atoms with van der Waals surface area (Å²) < 4.78 is 36.6. The van der Waals surface area contributed by atoms with Crippen molar-refractivity contribution >= 4 is 27.7 Å². The van der Waals surface area contributed by atoms with E-state index in [9.17, 15) is 13.2 Å². The van der Waals surface area contributed by atoms with Gasteiger partial charge in [-0.1, -0.05) is 71.7 Å². The van der Waals surface area contributed by atoms with Crippen LogP contribution in [0.2, 0.25) is 0 Å². The van der Waals surface area contributed by atoms with Crippen molar-refractivity contribution in [1.82, 2.24) is 24.8 Å². The van der Waals surface area contributed by atoms with Crippen molar-refractivity contribution in [2.45, 2.75) is 117 Å². The van der Waals surface area contributed by atoms with E-state index in [2.05, 4.69) is 45.3 Å². The van der Waals surface area contributed by atoms with Crippen LogP contribution in [0.15, 0.2) is 65.8 Å². The van der Waals surface area contributed by atoms with Gasteiger partial charge in [-0.3, -0.25) is 9.78 Å². The van der Waals surface area contributed by atoms with Crippen LogP contribution in [0.3, 0.4) is 0 Å². The van der Waals surface area contributed by atoms with E-state index in [1.807, 2.05) is 52.1 Å². The van der Waals surface area contributed by atoms with Gasteiger partial charge in [-0.25, -0.2) is 23.1 Å². The first-order valence-corrected chi connectivity index (χ1v) is 20.9. The third-order valence-corrected chi connectivity index (χ3v) is 11.9. The van der Waals surface area contributed by atoms with Gasteiger partial charge in [0, 0.05) is 31.2 Å². The molecule has 0 radical (unpaired) electrons. The molecule has 2 aliphatic heterocycles. The van der Waals surface area contributed by atoms with Crippen molar-refractivity contribution in [1.29, 1.82) is 0 Å². The van der Waals surface area contributed by atoms with Gasteiger partial charge in [0.05, 0.1) is 41.3 Å². The van der Waals surface area contributed by atoms with E-state index >= 15 is 0 Å².